The molecule has 122 valence electrons. The highest BCUT2D eigenvalue weighted by molar-refractivity contribution is 5.77. The average Bonchev–Trinajstić information content (AvgIpc) is 3.02. The zero-order valence-electron chi connectivity index (χ0n) is 13.1. The van der Waals surface area contributed by atoms with Crippen LogP contribution in [0.15, 0.2) is 22.7 Å². The van der Waals surface area contributed by atoms with Crippen LogP contribution in [0.1, 0.15) is 5.89 Å². The Hall–Kier alpha value is -2.61. The number of carbonyl (C=O) groups excluding carboxylic acids is 1. The maximum Gasteiger partial charge on any atom is 0.282 e. The molecule has 1 fully saturated rings. The molecule has 2 N–H and O–H groups in total. The van der Waals surface area contributed by atoms with Crippen molar-refractivity contribution < 1.29 is 23.7 Å². The van der Waals surface area contributed by atoms with Crippen LogP contribution in [0.4, 0.5) is 0 Å². The molecule has 0 spiro atoms. The lowest BCUT2D eigenvalue weighted by molar-refractivity contribution is -0.908. The molecule has 1 unspecified atom stereocenters. The van der Waals surface area contributed by atoms with E-state index in [1.807, 2.05) is 6.07 Å². The highest BCUT2D eigenvalue weighted by Crippen LogP contribution is 2.31. The summed E-state index contributed by atoms with van der Waals surface area (Å²) >= 11 is 0. The van der Waals surface area contributed by atoms with E-state index < -0.39 is 0 Å². The van der Waals surface area contributed by atoms with Gasteiger partial charge in [-0.3, -0.25) is 4.79 Å². The normalized spacial score (nSPS) is 17.7. The fraction of sp³-hybridized carbons (Fsp3) is 0.400. The van der Waals surface area contributed by atoms with Gasteiger partial charge in [-0.05, 0) is 18.2 Å². The van der Waals surface area contributed by atoms with E-state index >= 15 is 0 Å². The molecule has 2 aromatic rings. The van der Waals surface area contributed by atoms with Crippen molar-refractivity contribution in [3.63, 3.8) is 0 Å². The second-order valence-electron chi connectivity index (χ2n) is 5.28. The molecule has 0 bridgehead atoms. The molecular formula is C15H19N4O4+. The van der Waals surface area contributed by atoms with Crippen molar-refractivity contribution in [3.05, 3.63) is 24.1 Å². The highest BCUT2D eigenvalue weighted by atomic mass is 16.5. The lowest BCUT2D eigenvalue weighted by Crippen LogP contribution is -3.14. The molecule has 1 aliphatic rings. The lowest BCUT2D eigenvalue weighted by atomic mass is 10.2. The van der Waals surface area contributed by atoms with Crippen molar-refractivity contribution >= 4 is 5.91 Å². The molecule has 0 aliphatic carbocycles. The summed E-state index contributed by atoms with van der Waals surface area (Å²) in [6.07, 6.45) is 0. The van der Waals surface area contributed by atoms with E-state index in [1.54, 1.807) is 26.4 Å². The molecule has 0 saturated carbocycles. The van der Waals surface area contributed by atoms with Crippen molar-refractivity contribution in [1.29, 1.82) is 0 Å². The molecule has 8 heteroatoms. The monoisotopic (exact) mass is 319 g/mol. The van der Waals surface area contributed by atoms with Crippen LogP contribution in [0.3, 0.4) is 0 Å². The largest absolute Gasteiger partial charge is 0.493 e. The van der Waals surface area contributed by atoms with Gasteiger partial charge in [-0.1, -0.05) is 5.16 Å². The van der Waals surface area contributed by atoms with Gasteiger partial charge in [0.15, 0.2) is 24.6 Å². The van der Waals surface area contributed by atoms with Crippen molar-refractivity contribution in [2.24, 2.45) is 0 Å². The minimum Gasteiger partial charge on any atom is -0.493 e. The Morgan fingerprint density at radius 2 is 2.13 bits per heavy atom. The Kier molecular flexibility index (Phi) is 4.42. The van der Waals surface area contributed by atoms with Gasteiger partial charge in [-0.2, -0.15) is 4.98 Å². The molecule has 3 rings (SSSR count). The van der Waals surface area contributed by atoms with Crippen LogP contribution in [-0.4, -0.2) is 49.9 Å². The number of quaternary nitrogens is 1. The first-order valence-electron chi connectivity index (χ1n) is 7.35. The molecule has 1 aromatic carbocycles. The first-order valence-corrected chi connectivity index (χ1v) is 7.35. The van der Waals surface area contributed by atoms with Gasteiger partial charge in [0.1, 0.15) is 0 Å². The summed E-state index contributed by atoms with van der Waals surface area (Å²) in [5.41, 5.74) is 0.782. The van der Waals surface area contributed by atoms with E-state index in [1.165, 1.54) is 0 Å². The fourth-order valence-corrected chi connectivity index (χ4v) is 2.54. The Bertz CT molecular complexity index is 701. The summed E-state index contributed by atoms with van der Waals surface area (Å²) in [4.78, 5) is 16.9. The number of hydrogen-bond acceptors (Lipinski definition) is 6. The summed E-state index contributed by atoms with van der Waals surface area (Å²) < 4.78 is 15.8. The third-order valence-electron chi connectivity index (χ3n) is 3.72. The van der Waals surface area contributed by atoms with Gasteiger partial charge in [-0.25, -0.2) is 0 Å². The highest BCUT2D eigenvalue weighted by Gasteiger charge is 2.22. The number of aromatic nitrogens is 2. The minimum absolute atomic E-state index is 0.0471. The van der Waals surface area contributed by atoms with Crippen LogP contribution in [-0.2, 0) is 11.3 Å². The summed E-state index contributed by atoms with van der Waals surface area (Å²) in [5, 5.41) is 6.81. The smallest absolute Gasteiger partial charge is 0.282 e. The molecule has 1 atom stereocenters. The molecule has 1 saturated heterocycles. The molecule has 8 nitrogen and oxygen atoms in total. The standard InChI is InChI=1S/C15H18N4O4/c1-21-11-4-3-10(7-12(11)22-2)15-17-14(23-18-15)9-19-6-5-16-13(20)8-19/h3-4,7H,5-6,8-9H2,1-2H3,(H,16,20)/p+1. The molecule has 1 aromatic heterocycles. The van der Waals surface area contributed by atoms with Gasteiger partial charge in [0.05, 0.1) is 27.3 Å². The van der Waals surface area contributed by atoms with E-state index in [0.29, 0.717) is 42.8 Å². The SMILES string of the molecule is COc1ccc(-c2noc(C[NH+]3CCNC(=O)C3)n2)cc1OC. The van der Waals surface area contributed by atoms with Crippen molar-refractivity contribution in [2.45, 2.75) is 6.54 Å². The Morgan fingerprint density at radius 1 is 1.30 bits per heavy atom. The number of nitrogens with zero attached hydrogens (tertiary/aromatic N) is 2. The van der Waals surface area contributed by atoms with Gasteiger partial charge in [0.25, 0.3) is 11.8 Å². The van der Waals surface area contributed by atoms with E-state index in [-0.39, 0.29) is 5.91 Å². The van der Waals surface area contributed by atoms with Crippen LogP contribution in [0.5, 0.6) is 11.5 Å². The predicted molar refractivity (Wildman–Crippen MR) is 80.2 cm³/mol. The number of piperazine rings is 1. The first kappa shape index (κ1) is 15.3. The maximum absolute atomic E-state index is 11.4. The third kappa shape index (κ3) is 3.42. The van der Waals surface area contributed by atoms with E-state index in [0.717, 1.165) is 17.0 Å². The van der Waals surface area contributed by atoms with Crippen molar-refractivity contribution in [2.75, 3.05) is 33.9 Å². The molecular weight excluding hydrogens is 300 g/mol. The number of hydrogen-bond donors (Lipinski definition) is 2. The number of benzene rings is 1. The predicted octanol–water partition coefficient (Wildman–Crippen LogP) is -0.731. The van der Waals surface area contributed by atoms with Crippen molar-refractivity contribution in [1.82, 2.24) is 15.5 Å². The van der Waals surface area contributed by atoms with E-state index in [9.17, 15) is 4.79 Å². The van der Waals surface area contributed by atoms with Gasteiger partial charge in [0.2, 0.25) is 5.82 Å². The van der Waals surface area contributed by atoms with Gasteiger partial charge < -0.3 is 24.2 Å². The fourth-order valence-electron chi connectivity index (χ4n) is 2.54. The number of nitrogens with one attached hydrogen (secondary N) is 2. The molecule has 2 heterocycles. The summed E-state index contributed by atoms with van der Waals surface area (Å²) in [7, 11) is 3.16. The number of ether oxygens (including phenoxy) is 2. The lowest BCUT2D eigenvalue weighted by Gasteiger charge is -2.21. The maximum atomic E-state index is 11.4. The number of carbonyl (C=O) groups is 1. The topological polar surface area (TPSA) is 90.9 Å². The van der Waals surface area contributed by atoms with Crippen molar-refractivity contribution in [3.8, 4) is 22.9 Å². The third-order valence-corrected chi connectivity index (χ3v) is 3.72. The van der Waals surface area contributed by atoms with Gasteiger partial charge in [0, 0.05) is 5.56 Å². The second kappa shape index (κ2) is 6.66. The molecule has 1 aliphatic heterocycles. The Morgan fingerprint density at radius 3 is 2.87 bits per heavy atom. The number of methoxy groups -OCH3 is 2. The summed E-state index contributed by atoms with van der Waals surface area (Å²) in [6.45, 7) is 2.48. The second-order valence-corrected chi connectivity index (χ2v) is 5.28. The van der Waals surface area contributed by atoms with Gasteiger partial charge in [-0.15, -0.1) is 0 Å². The Labute approximate surface area is 133 Å². The molecule has 0 radical (unpaired) electrons. The van der Waals surface area contributed by atoms with E-state index in [4.69, 9.17) is 14.0 Å². The van der Waals surface area contributed by atoms with Gasteiger partial charge >= 0.3 is 0 Å². The summed E-state index contributed by atoms with van der Waals surface area (Å²) in [6, 6.07) is 5.44. The van der Waals surface area contributed by atoms with Crippen LogP contribution >= 0.6 is 0 Å². The zero-order chi connectivity index (χ0) is 16.2. The Balaban J connectivity index is 1.75. The minimum atomic E-state index is 0.0471. The molecule has 23 heavy (non-hydrogen) atoms. The molecule has 1 amide bonds. The van der Waals surface area contributed by atoms with Crippen LogP contribution in [0, 0.1) is 0 Å². The summed E-state index contributed by atoms with van der Waals surface area (Å²) in [5.74, 6) is 2.30. The number of amides is 1. The van der Waals surface area contributed by atoms with Crippen LogP contribution in [0.25, 0.3) is 11.4 Å². The van der Waals surface area contributed by atoms with E-state index in [2.05, 4.69) is 15.5 Å². The first-order chi connectivity index (χ1) is 11.2. The zero-order valence-corrected chi connectivity index (χ0v) is 13.1. The van der Waals surface area contributed by atoms with Crippen LogP contribution < -0.4 is 19.7 Å². The van der Waals surface area contributed by atoms with Crippen LogP contribution in [0.2, 0.25) is 0 Å². The quantitative estimate of drug-likeness (QED) is 0.755. The average molecular weight is 319 g/mol. The number of rotatable bonds is 5.